The summed E-state index contributed by atoms with van der Waals surface area (Å²) in [6.45, 7) is 0. The molecule has 0 aliphatic carbocycles. The van der Waals surface area contributed by atoms with Crippen molar-refractivity contribution in [3.8, 4) is 0 Å². The van der Waals surface area contributed by atoms with Crippen molar-refractivity contribution in [2.45, 2.75) is 5.75 Å². The van der Waals surface area contributed by atoms with Crippen LogP contribution in [0, 0.1) is 0 Å². The van der Waals surface area contributed by atoms with Gasteiger partial charge in [-0.1, -0.05) is 30.3 Å². The Balaban J connectivity index is 0.00000121. The minimum absolute atomic E-state index is 0. The molecule has 0 amide bonds. The second kappa shape index (κ2) is 5.49. The van der Waals surface area contributed by atoms with Gasteiger partial charge in [-0.05, 0) is 5.56 Å². The van der Waals surface area contributed by atoms with Gasteiger partial charge in [0.15, 0.2) is 0 Å². The van der Waals surface area contributed by atoms with E-state index in [9.17, 15) is 8.42 Å². The first-order chi connectivity index (χ1) is 5.08. The van der Waals surface area contributed by atoms with Gasteiger partial charge >= 0.3 is 51.4 Å². The van der Waals surface area contributed by atoms with Crippen molar-refractivity contribution in [3.63, 3.8) is 0 Å². The molecule has 62 valence electrons. The molecular formula is C7H9KO3S. The molecule has 1 N–H and O–H groups in total. The fourth-order valence-corrected chi connectivity index (χ4v) is 1.40. The van der Waals surface area contributed by atoms with E-state index < -0.39 is 10.1 Å². The van der Waals surface area contributed by atoms with Crippen LogP contribution in [-0.4, -0.2) is 64.4 Å². The van der Waals surface area contributed by atoms with Gasteiger partial charge in [0, 0.05) is 0 Å². The Bertz CT molecular complexity index is 320. The first-order valence-corrected chi connectivity index (χ1v) is 4.68. The maximum absolute atomic E-state index is 10.4. The van der Waals surface area contributed by atoms with Gasteiger partial charge in [-0.3, -0.25) is 4.55 Å². The first-order valence-electron chi connectivity index (χ1n) is 3.07. The van der Waals surface area contributed by atoms with Crippen molar-refractivity contribution in [2.75, 3.05) is 0 Å². The molecule has 0 atom stereocenters. The summed E-state index contributed by atoms with van der Waals surface area (Å²) in [5.41, 5.74) is 0.593. The van der Waals surface area contributed by atoms with Gasteiger partial charge < -0.3 is 0 Å². The third-order valence-electron chi connectivity index (χ3n) is 1.19. The Morgan fingerprint density at radius 1 is 1.17 bits per heavy atom. The van der Waals surface area contributed by atoms with E-state index in [2.05, 4.69) is 0 Å². The topological polar surface area (TPSA) is 54.4 Å². The summed E-state index contributed by atoms with van der Waals surface area (Å²) in [4.78, 5) is 0. The van der Waals surface area contributed by atoms with E-state index in [0.717, 1.165) is 0 Å². The molecule has 0 radical (unpaired) electrons. The standard InChI is InChI=1S/C7H8O3S.K.H/c8-11(9,10)6-7-4-2-1-3-5-7;;/h1-5H,6H2,(H,8,9,10);;. The van der Waals surface area contributed by atoms with Crippen LogP contribution < -0.4 is 0 Å². The molecule has 1 rings (SSSR count). The average Bonchev–Trinajstić information content (AvgIpc) is 1.85. The van der Waals surface area contributed by atoms with Gasteiger partial charge in [-0.15, -0.1) is 0 Å². The fraction of sp³-hybridized carbons (Fsp3) is 0.143. The monoisotopic (exact) mass is 212 g/mol. The summed E-state index contributed by atoms with van der Waals surface area (Å²) in [7, 11) is -3.88. The zero-order valence-corrected chi connectivity index (χ0v) is 6.58. The Hall–Kier alpha value is 0.766. The molecule has 0 unspecified atom stereocenters. The van der Waals surface area contributed by atoms with Crippen LogP contribution in [0.25, 0.3) is 0 Å². The van der Waals surface area contributed by atoms with Crippen molar-refractivity contribution < 1.29 is 13.0 Å². The van der Waals surface area contributed by atoms with E-state index in [1.807, 2.05) is 0 Å². The predicted molar refractivity (Wildman–Crippen MR) is 48.8 cm³/mol. The van der Waals surface area contributed by atoms with Crippen LogP contribution in [-0.2, 0) is 15.9 Å². The van der Waals surface area contributed by atoms with E-state index in [4.69, 9.17) is 4.55 Å². The third-order valence-corrected chi connectivity index (χ3v) is 1.89. The van der Waals surface area contributed by atoms with Crippen molar-refractivity contribution in [1.29, 1.82) is 0 Å². The quantitative estimate of drug-likeness (QED) is 0.571. The molecule has 12 heavy (non-hydrogen) atoms. The Morgan fingerprint density at radius 2 is 1.67 bits per heavy atom. The van der Waals surface area contributed by atoms with Gasteiger partial charge in [0.1, 0.15) is 5.75 Å². The number of hydrogen-bond acceptors (Lipinski definition) is 2. The molecular weight excluding hydrogens is 203 g/mol. The van der Waals surface area contributed by atoms with E-state index in [1.165, 1.54) is 0 Å². The predicted octanol–water partition coefficient (Wildman–Crippen LogP) is 0.426. The van der Waals surface area contributed by atoms with Gasteiger partial charge in [0.05, 0.1) is 0 Å². The maximum atomic E-state index is 10.4. The van der Waals surface area contributed by atoms with Gasteiger partial charge in [0.25, 0.3) is 10.1 Å². The second-order valence-corrected chi connectivity index (χ2v) is 3.66. The molecule has 5 heteroatoms. The van der Waals surface area contributed by atoms with Crippen LogP contribution in [0.2, 0.25) is 0 Å². The van der Waals surface area contributed by atoms with E-state index in [1.54, 1.807) is 30.3 Å². The summed E-state index contributed by atoms with van der Waals surface area (Å²) < 4.78 is 29.2. The van der Waals surface area contributed by atoms with Crippen LogP contribution in [0.1, 0.15) is 5.56 Å². The van der Waals surface area contributed by atoms with Crippen LogP contribution in [0.5, 0.6) is 0 Å². The van der Waals surface area contributed by atoms with Crippen LogP contribution in [0.3, 0.4) is 0 Å². The van der Waals surface area contributed by atoms with Crippen molar-refractivity contribution >= 4 is 61.5 Å². The molecule has 0 saturated carbocycles. The fourth-order valence-electron chi connectivity index (χ4n) is 0.785. The van der Waals surface area contributed by atoms with Gasteiger partial charge in [0.2, 0.25) is 0 Å². The van der Waals surface area contributed by atoms with Crippen molar-refractivity contribution in [1.82, 2.24) is 0 Å². The molecule has 0 heterocycles. The molecule has 0 aliphatic heterocycles. The van der Waals surface area contributed by atoms with E-state index in [-0.39, 0.29) is 57.1 Å². The Kier molecular flexibility index (Phi) is 5.84. The average molecular weight is 212 g/mol. The Morgan fingerprint density at radius 3 is 2.08 bits per heavy atom. The molecule has 0 aromatic heterocycles. The second-order valence-electron chi connectivity index (χ2n) is 2.21. The SMILES string of the molecule is O=S(=O)(O)Cc1ccccc1.[KH]. The number of hydrogen-bond donors (Lipinski definition) is 1. The number of rotatable bonds is 2. The van der Waals surface area contributed by atoms with Crippen LogP contribution in [0.4, 0.5) is 0 Å². The summed E-state index contributed by atoms with van der Waals surface area (Å²) >= 11 is 0. The zero-order chi connectivity index (χ0) is 8.32. The molecule has 3 nitrogen and oxygen atoms in total. The molecule has 0 bridgehead atoms. The normalized spacial score (nSPS) is 10.4. The molecule has 1 aromatic rings. The summed E-state index contributed by atoms with van der Waals surface area (Å²) in [6, 6.07) is 8.52. The first kappa shape index (κ1) is 12.8. The molecule has 1 aromatic carbocycles. The van der Waals surface area contributed by atoms with Crippen LogP contribution >= 0.6 is 0 Å². The third kappa shape index (κ3) is 5.42. The molecule has 0 saturated heterocycles. The minimum atomic E-state index is -3.88. The Labute approximate surface area is 114 Å². The summed E-state index contributed by atoms with van der Waals surface area (Å²) in [6.07, 6.45) is 0. The van der Waals surface area contributed by atoms with Gasteiger partial charge in [-0.25, -0.2) is 0 Å². The molecule has 0 fully saturated rings. The molecule has 0 aliphatic rings. The summed E-state index contributed by atoms with van der Waals surface area (Å²) in [5, 5.41) is 0. The van der Waals surface area contributed by atoms with E-state index >= 15 is 0 Å². The number of benzene rings is 1. The van der Waals surface area contributed by atoms with Crippen LogP contribution in [0.15, 0.2) is 30.3 Å². The van der Waals surface area contributed by atoms with E-state index in [0.29, 0.717) is 5.56 Å². The van der Waals surface area contributed by atoms with Crippen molar-refractivity contribution in [3.05, 3.63) is 35.9 Å². The zero-order valence-electron chi connectivity index (χ0n) is 5.77. The molecule has 0 spiro atoms. The summed E-state index contributed by atoms with van der Waals surface area (Å²) in [5.74, 6) is -0.312. The van der Waals surface area contributed by atoms with Gasteiger partial charge in [-0.2, -0.15) is 8.42 Å². The van der Waals surface area contributed by atoms with Crippen molar-refractivity contribution in [2.24, 2.45) is 0 Å².